The highest BCUT2D eigenvalue weighted by Crippen LogP contribution is 2.30. The molecule has 0 bridgehead atoms. The van der Waals surface area contributed by atoms with E-state index in [1.54, 1.807) is 6.07 Å². The molecule has 0 saturated heterocycles. The largest absolute Gasteiger partial charge is 0.435 e. The van der Waals surface area contributed by atoms with Crippen LogP contribution in [-0.2, 0) is 6.18 Å². The van der Waals surface area contributed by atoms with Crippen LogP contribution in [0.25, 0.3) is 5.69 Å². The second-order valence-electron chi connectivity index (χ2n) is 4.63. The van der Waals surface area contributed by atoms with E-state index in [4.69, 9.17) is 0 Å². The molecule has 21 heavy (non-hydrogen) atoms. The van der Waals surface area contributed by atoms with Crippen molar-refractivity contribution in [2.45, 2.75) is 26.1 Å². The summed E-state index contributed by atoms with van der Waals surface area (Å²) in [6.07, 6.45) is -3.13. The quantitative estimate of drug-likeness (QED) is 0.878. The number of aromatic nitrogens is 2. The first-order valence-electron chi connectivity index (χ1n) is 6.49. The molecule has 1 unspecified atom stereocenters. The highest BCUT2D eigenvalue weighted by molar-refractivity contribution is 9.10. The predicted octanol–water partition coefficient (Wildman–Crippen LogP) is 4.32. The molecule has 7 heteroatoms. The van der Waals surface area contributed by atoms with Gasteiger partial charge in [-0.05, 0) is 53.2 Å². The lowest BCUT2D eigenvalue weighted by Crippen LogP contribution is -2.17. The molecular weight excluding hydrogens is 347 g/mol. The molecule has 114 valence electrons. The number of hydrogen-bond acceptors (Lipinski definition) is 2. The van der Waals surface area contributed by atoms with Crippen LogP contribution in [0.3, 0.4) is 0 Å². The standard InChI is InChI=1S/C14H15BrF3N3/c1-3-19-9(2)10-4-5-12(11(15)8-10)21-7-6-13(20-21)14(16,17)18/h4-9,19H,3H2,1-2H3. The molecule has 1 N–H and O–H groups in total. The fourth-order valence-electron chi connectivity index (χ4n) is 2.01. The summed E-state index contributed by atoms with van der Waals surface area (Å²) in [7, 11) is 0. The van der Waals surface area contributed by atoms with Gasteiger partial charge in [0.05, 0.1) is 5.69 Å². The predicted molar refractivity (Wildman–Crippen MR) is 78.4 cm³/mol. The smallest absolute Gasteiger partial charge is 0.310 e. The molecule has 0 amide bonds. The maximum atomic E-state index is 12.6. The Labute approximate surface area is 129 Å². The molecule has 0 fully saturated rings. The second-order valence-corrected chi connectivity index (χ2v) is 5.49. The molecule has 0 saturated carbocycles. The van der Waals surface area contributed by atoms with Gasteiger partial charge in [0.25, 0.3) is 0 Å². The van der Waals surface area contributed by atoms with Gasteiger partial charge in [-0.1, -0.05) is 13.0 Å². The van der Waals surface area contributed by atoms with Gasteiger partial charge in [0.2, 0.25) is 0 Å². The molecule has 1 aromatic carbocycles. The lowest BCUT2D eigenvalue weighted by atomic mass is 10.1. The van der Waals surface area contributed by atoms with E-state index in [1.807, 2.05) is 26.0 Å². The zero-order chi connectivity index (χ0) is 15.6. The normalized spacial score (nSPS) is 13.4. The second kappa shape index (κ2) is 6.19. The van der Waals surface area contributed by atoms with Crippen LogP contribution in [0.15, 0.2) is 34.9 Å². The summed E-state index contributed by atoms with van der Waals surface area (Å²) in [6, 6.07) is 6.64. The van der Waals surface area contributed by atoms with Crippen LogP contribution in [0, 0.1) is 0 Å². The molecule has 2 rings (SSSR count). The summed E-state index contributed by atoms with van der Waals surface area (Å²) in [6.45, 7) is 4.89. The van der Waals surface area contributed by atoms with Crippen molar-refractivity contribution in [3.05, 3.63) is 46.2 Å². The first-order chi connectivity index (χ1) is 9.82. The summed E-state index contributed by atoms with van der Waals surface area (Å²) in [5.74, 6) is 0. The average molecular weight is 362 g/mol. The first kappa shape index (κ1) is 16.0. The zero-order valence-corrected chi connectivity index (χ0v) is 13.2. The monoisotopic (exact) mass is 361 g/mol. The van der Waals surface area contributed by atoms with Crippen molar-refractivity contribution in [1.29, 1.82) is 0 Å². The molecule has 0 aliphatic rings. The van der Waals surface area contributed by atoms with Crippen molar-refractivity contribution < 1.29 is 13.2 Å². The molecule has 0 aliphatic carbocycles. The van der Waals surface area contributed by atoms with Gasteiger partial charge in [0.15, 0.2) is 5.69 Å². The van der Waals surface area contributed by atoms with Gasteiger partial charge in [0, 0.05) is 16.7 Å². The molecule has 3 nitrogen and oxygen atoms in total. The van der Waals surface area contributed by atoms with Crippen molar-refractivity contribution in [2.24, 2.45) is 0 Å². The highest BCUT2D eigenvalue weighted by atomic mass is 79.9. The third kappa shape index (κ3) is 3.65. The maximum Gasteiger partial charge on any atom is 0.435 e. The third-order valence-corrected chi connectivity index (χ3v) is 3.74. The van der Waals surface area contributed by atoms with E-state index in [-0.39, 0.29) is 6.04 Å². The fraction of sp³-hybridized carbons (Fsp3) is 0.357. The molecule has 1 atom stereocenters. The Morgan fingerprint density at radius 2 is 2.05 bits per heavy atom. The molecular formula is C14H15BrF3N3. The fourth-order valence-corrected chi connectivity index (χ4v) is 2.59. The van der Waals surface area contributed by atoms with Crippen LogP contribution < -0.4 is 5.32 Å². The average Bonchev–Trinajstić information content (AvgIpc) is 2.88. The number of nitrogens with zero attached hydrogens (tertiary/aromatic N) is 2. The van der Waals surface area contributed by atoms with Crippen molar-refractivity contribution in [1.82, 2.24) is 15.1 Å². The maximum absolute atomic E-state index is 12.6. The van der Waals surface area contributed by atoms with E-state index >= 15 is 0 Å². The zero-order valence-electron chi connectivity index (χ0n) is 11.6. The Hall–Kier alpha value is -1.34. The number of rotatable bonds is 4. The first-order valence-corrected chi connectivity index (χ1v) is 7.28. The Morgan fingerprint density at radius 1 is 1.33 bits per heavy atom. The topological polar surface area (TPSA) is 29.9 Å². The Kier molecular flexibility index (Phi) is 4.73. The van der Waals surface area contributed by atoms with Crippen LogP contribution >= 0.6 is 15.9 Å². The SMILES string of the molecule is CCNC(C)c1ccc(-n2ccc(C(F)(F)F)n2)c(Br)c1. The van der Waals surface area contributed by atoms with Gasteiger partial charge in [-0.2, -0.15) is 18.3 Å². The van der Waals surface area contributed by atoms with E-state index in [1.165, 1.54) is 10.9 Å². The van der Waals surface area contributed by atoms with Crippen LogP contribution in [-0.4, -0.2) is 16.3 Å². The summed E-state index contributed by atoms with van der Waals surface area (Å²) in [5, 5.41) is 6.85. The molecule has 0 spiro atoms. The number of nitrogens with one attached hydrogen (secondary N) is 1. The van der Waals surface area contributed by atoms with E-state index in [2.05, 4.69) is 26.3 Å². The van der Waals surface area contributed by atoms with Crippen molar-refractivity contribution >= 4 is 15.9 Å². The minimum atomic E-state index is -4.43. The van der Waals surface area contributed by atoms with Crippen LogP contribution in [0.2, 0.25) is 0 Å². The van der Waals surface area contributed by atoms with Crippen molar-refractivity contribution in [3.8, 4) is 5.69 Å². The summed E-state index contributed by atoms with van der Waals surface area (Å²) in [4.78, 5) is 0. The molecule has 1 aromatic heterocycles. The Balaban J connectivity index is 2.31. The lowest BCUT2D eigenvalue weighted by Gasteiger charge is -2.14. The summed E-state index contributed by atoms with van der Waals surface area (Å²) < 4.78 is 39.6. The number of alkyl halides is 3. The highest BCUT2D eigenvalue weighted by Gasteiger charge is 2.33. The van der Waals surface area contributed by atoms with E-state index in [9.17, 15) is 13.2 Å². The van der Waals surface area contributed by atoms with Crippen LogP contribution in [0.5, 0.6) is 0 Å². The molecule has 1 heterocycles. The molecule has 0 radical (unpaired) electrons. The van der Waals surface area contributed by atoms with Gasteiger partial charge < -0.3 is 5.32 Å². The van der Waals surface area contributed by atoms with E-state index in [0.717, 1.165) is 18.2 Å². The molecule has 0 aliphatic heterocycles. The van der Waals surface area contributed by atoms with Crippen LogP contribution in [0.4, 0.5) is 13.2 Å². The minimum Gasteiger partial charge on any atom is -0.310 e. The number of halogens is 4. The lowest BCUT2D eigenvalue weighted by molar-refractivity contribution is -0.141. The van der Waals surface area contributed by atoms with Crippen molar-refractivity contribution in [2.75, 3.05) is 6.54 Å². The van der Waals surface area contributed by atoms with E-state index in [0.29, 0.717) is 10.2 Å². The summed E-state index contributed by atoms with van der Waals surface area (Å²) in [5.41, 5.74) is 0.716. The van der Waals surface area contributed by atoms with Crippen LogP contribution in [0.1, 0.15) is 31.1 Å². The number of hydrogen-bond donors (Lipinski definition) is 1. The third-order valence-electron chi connectivity index (χ3n) is 3.11. The minimum absolute atomic E-state index is 0.170. The van der Waals surface area contributed by atoms with Gasteiger partial charge in [-0.25, -0.2) is 4.68 Å². The van der Waals surface area contributed by atoms with Gasteiger partial charge in [-0.3, -0.25) is 0 Å². The molecule has 2 aromatic rings. The van der Waals surface area contributed by atoms with Gasteiger partial charge >= 0.3 is 6.18 Å². The van der Waals surface area contributed by atoms with E-state index < -0.39 is 11.9 Å². The van der Waals surface area contributed by atoms with Gasteiger partial charge in [-0.15, -0.1) is 0 Å². The Bertz CT molecular complexity index is 622. The number of benzene rings is 1. The van der Waals surface area contributed by atoms with Gasteiger partial charge in [0.1, 0.15) is 0 Å². The summed E-state index contributed by atoms with van der Waals surface area (Å²) >= 11 is 3.39. The Morgan fingerprint density at radius 3 is 2.57 bits per heavy atom. The van der Waals surface area contributed by atoms with Crippen molar-refractivity contribution in [3.63, 3.8) is 0 Å².